The Labute approximate surface area is 93.9 Å². The number of hydrogen-bond donors (Lipinski definition) is 1. The van der Waals surface area contributed by atoms with Gasteiger partial charge in [0, 0.05) is 12.0 Å². The fourth-order valence-corrected chi connectivity index (χ4v) is 1.42. The average molecular weight is 221 g/mol. The van der Waals surface area contributed by atoms with Crippen molar-refractivity contribution in [3.8, 4) is 5.75 Å². The van der Waals surface area contributed by atoms with Gasteiger partial charge < -0.3 is 14.3 Å². The standard InChI is InChI=1S/C12H15NO3/c1-8(2)12-13-10-4-3-9(15-6-5-14)7-11(10)16-12/h3-4,7-8,14H,5-6H2,1-2H3. The van der Waals surface area contributed by atoms with Crippen molar-refractivity contribution in [2.75, 3.05) is 13.2 Å². The minimum atomic E-state index is 0.00564. The van der Waals surface area contributed by atoms with E-state index in [4.69, 9.17) is 14.3 Å². The maximum absolute atomic E-state index is 8.66. The second-order valence-electron chi connectivity index (χ2n) is 3.91. The van der Waals surface area contributed by atoms with Gasteiger partial charge in [-0.15, -0.1) is 0 Å². The molecule has 0 spiro atoms. The van der Waals surface area contributed by atoms with Crippen LogP contribution in [0, 0.1) is 0 Å². The van der Waals surface area contributed by atoms with E-state index in [-0.39, 0.29) is 19.1 Å². The Hall–Kier alpha value is -1.55. The third kappa shape index (κ3) is 2.17. The van der Waals surface area contributed by atoms with Gasteiger partial charge in [0.25, 0.3) is 0 Å². The predicted molar refractivity (Wildman–Crippen MR) is 60.7 cm³/mol. The minimum absolute atomic E-state index is 0.00564. The van der Waals surface area contributed by atoms with Crippen LogP contribution in [-0.4, -0.2) is 23.3 Å². The third-order valence-corrected chi connectivity index (χ3v) is 2.23. The molecule has 1 aromatic carbocycles. The SMILES string of the molecule is CC(C)c1nc2ccc(OCCO)cc2o1. The molecular weight excluding hydrogens is 206 g/mol. The second-order valence-corrected chi connectivity index (χ2v) is 3.91. The van der Waals surface area contributed by atoms with Gasteiger partial charge in [-0.1, -0.05) is 13.8 Å². The smallest absolute Gasteiger partial charge is 0.198 e. The van der Waals surface area contributed by atoms with Crippen LogP contribution in [0.2, 0.25) is 0 Å². The number of rotatable bonds is 4. The van der Waals surface area contributed by atoms with E-state index in [1.807, 2.05) is 26.0 Å². The molecule has 0 saturated carbocycles. The summed E-state index contributed by atoms with van der Waals surface area (Å²) in [5, 5.41) is 8.66. The van der Waals surface area contributed by atoms with E-state index in [1.54, 1.807) is 6.07 Å². The summed E-state index contributed by atoms with van der Waals surface area (Å²) in [4.78, 5) is 4.36. The van der Waals surface area contributed by atoms with Gasteiger partial charge in [0.1, 0.15) is 17.9 Å². The molecule has 4 heteroatoms. The van der Waals surface area contributed by atoms with Gasteiger partial charge in [-0.05, 0) is 12.1 Å². The van der Waals surface area contributed by atoms with E-state index < -0.39 is 0 Å². The third-order valence-electron chi connectivity index (χ3n) is 2.23. The lowest BCUT2D eigenvalue weighted by atomic mass is 10.2. The lowest BCUT2D eigenvalue weighted by Gasteiger charge is -2.02. The molecule has 1 aromatic heterocycles. The van der Waals surface area contributed by atoms with Crippen molar-refractivity contribution in [2.24, 2.45) is 0 Å². The van der Waals surface area contributed by atoms with E-state index in [0.717, 1.165) is 17.0 Å². The highest BCUT2D eigenvalue weighted by atomic mass is 16.5. The number of hydrogen-bond acceptors (Lipinski definition) is 4. The van der Waals surface area contributed by atoms with Gasteiger partial charge in [0.05, 0.1) is 6.61 Å². The van der Waals surface area contributed by atoms with E-state index >= 15 is 0 Å². The van der Waals surface area contributed by atoms with E-state index in [0.29, 0.717) is 5.75 Å². The first-order valence-corrected chi connectivity index (χ1v) is 5.35. The van der Waals surface area contributed by atoms with E-state index in [9.17, 15) is 0 Å². The van der Waals surface area contributed by atoms with Gasteiger partial charge in [-0.3, -0.25) is 0 Å². The highest BCUT2D eigenvalue weighted by Crippen LogP contribution is 2.24. The Balaban J connectivity index is 2.30. The molecule has 0 atom stereocenters. The average Bonchev–Trinajstić information content (AvgIpc) is 2.69. The number of aromatic nitrogens is 1. The molecular formula is C12H15NO3. The zero-order valence-corrected chi connectivity index (χ0v) is 9.43. The highest BCUT2D eigenvalue weighted by molar-refractivity contribution is 5.74. The van der Waals surface area contributed by atoms with Crippen LogP contribution in [0.4, 0.5) is 0 Å². The minimum Gasteiger partial charge on any atom is -0.491 e. The summed E-state index contributed by atoms with van der Waals surface area (Å²) in [6.07, 6.45) is 0. The van der Waals surface area contributed by atoms with Crippen LogP contribution in [0.15, 0.2) is 22.6 Å². The summed E-state index contributed by atoms with van der Waals surface area (Å²) in [5.41, 5.74) is 1.55. The summed E-state index contributed by atoms with van der Waals surface area (Å²) in [6, 6.07) is 5.48. The van der Waals surface area contributed by atoms with Crippen molar-refractivity contribution in [3.63, 3.8) is 0 Å². The summed E-state index contributed by atoms with van der Waals surface area (Å²) in [6.45, 7) is 4.37. The van der Waals surface area contributed by atoms with Crippen LogP contribution in [0.5, 0.6) is 5.75 Å². The van der Waals surface area contributed by atoms with Crippen molar-refractivity contribution in [1.82, 2.24) is 4.98 Å². The highest BCUT2D eigenvalue weighted by Gasteiger charge is 2.09. The quantitative estimate of drug-likeness (QED) is 0.860. The lowest BCUT2D eigenvalue weighted by molar-refractivity contribution is 0.201. The first-order chi connectivity index (χ1) is 7.70. The zero-order chi connectivity index (χ0) is 11.5. The molecule has 16 heavy (non-hydrogen) atoms. The van der Waals surface area contributed by atoms with E-state index in [2.05, 4.69) is 4.98 Å². The van der Waals surface area contributed by atoms with Crippen molar-refractivity contribution in [2.45, 2.75) is 19.8 Å². The topological polar surface area (TPSA) is 55.5 Å². The second kappa shape index (κ2) is 4.53. The summed E-state index contributed by atoms with van der Waals surface area (Å²) < 4.78 is 10.9. The monoisotopic (exact) mass is 221 g/mol. The Morgan fingerprint density at radius 3 is 2.94 bits per heavy atom. The molecule has 2 aromatic rings. The number of nitrogens with zero attached hydrogens (tertiary/aromatic N) is 1. The van der Waals surface area contributed by atoms with Crippen LogP contribution in [0.1, 0.15) is 25.7 Å². The van der Waals surface area contributed by atoms with Crippen LogP contribution in [0.25, 0.3) is 11.1 Å². The molecule has 4 nitrogen and oxygen atoms in total. The Morgan fingerprint density at radius 2 is 2.25 bits per heavy atom. The van der Waals surface area contributed by atoms with Gasteiger partial charge in [-0.2, -0.15) is 0 Å². The van der Waals surface area contributed by atoms with Gasteiger partial charge in [0.2, 0.25) is 0 Å². The molecule has 0 unspecified atom stereocenters. The maximum atomic E-state index is 8.66. The molecule has 0 fully saturated rings. The number of oxazole rings is 1. The summed E-state index contributed by atoms with van der Waals surface area (Å²) in [7, 11) is 0. The van der Waals surface area contributed by atoms with E-state index in [1.165, 1.54) is 0 Å². The van der Waals surface area contributed by atoms with Crippen LogP contribution < -0.4 is 4.74 Å². The van der Waals surface area contributed by atoms with Crippen LogP contribution in [0.3, 0.4) is 0 Å². The molecule has 0 aliphatic heterocycles. The summed E-state index contributed by atoms with van der Waals surface area (Å²) in [5.74, 6) is 1.69. The van der Waals surface area contributed by atoms with Crippen molar-refractivity contribution < 1.29 is 14.3 Å². The number of benzene rings is 1. The van der Waals surface area contributed by atoms with Crippen LogP contribution >= 0.6 is 0 Å². The van der Waals surface area contributed by atoms with Gasteiger partial charge >= 0.3 is 0 Å². The lowest BCUT2D eigenvalue weighted by Crippen LogP contribution is -2.01. The number of aliphatic hydroxyl groups excluding tert-OH is 1. The normalized spacial score (nSPS) is 11.2. The number of aliphatic hydroxyl groups is 1. The van der Waals surface area contributed by atoms with Crippen molar-refractivity contribution >= 4 is 11.1 Å². The van der Waals surface area contributed by atoms with Crippen molar-refractivity contribution in [1.29, 1.82) is 0 Å². The Morgan fingerprint density at radius 1 is 1.44 bits per heavy atom. The molecule has 1 N–H and O–H groups in total. The molecule has 1 heterocycles. The van der Waals surface area contributed by atoms with Crippen LogP contribution in [-0.2, 0) is 0 Å². The first kappa shape index (κ1) is 11.0. The van der Waals surface area contributed by atoms with Crippen molar-refractivity contribution in [3.05, 3.63) is 24.1 Å². The first-order valence-electron chi connectivity index (χ1n) is 5.35. The molecule has 2 rings (SSSR count). The number of ether oxygens (including phenoxy) is 1. The predicted octanol–water partition coefficient (Wildman–Crippen LogP) is 2.32. The maximum Gasteiger partial charge on any atom is 0.198 e. The van der Waals surface area contributed by atoms with Gasteiger partial charge in [0.15, 0.2) is 11.5 Å². The zero-order valence-electron chi connectivity index (χ0n) is 9.43. The molecule has 0 aliphatic carbocycles. The fourth-order valence-electron chi connectivity index (χ4n) is 1.42. The molecule has 0 bridgehead atoms. The summed E-state index contributed by atoms with van der Waals surface area (Å²) >= 11 is 0. The molecule has 0 amide bonds. The largest absolute Gasteiger partial charge is 0.491 e. The van der Waals surface area contributed by atoms with Gasteiger partial charge in [-0.25, -0.2) is 4.98 Å². The molecule has 0 saturated heterocycles. The Kier molecular flexibility index (Phi) is 3.10. The Bertz CT molecular complexity index is 476. The molecule has 0 radical (unpaired) electrons. The molecule has 86 valence electrons. The fraction of sp³-hybridized carbons (Fsp3) is 0.417. The number of fused-ring (bicyclic) bond motifs is 1. The molecule has 0 aliphatic rings.